The van der Waals surface area contributed by atoms with Crippen molar-refractivity contribution in [3.8, 4) is 0 Å². The molecule has 1 unspecified atom stereocenters. The monoisotopic (exact) mass is 199 g/mol. The van der Waals surface area contributed by atoms with Crippen LogP contribution >= 0.6 is 0 Å². The summed E-state index contributed by atoms with van der Waals surface area (Å²) in [5.41, 5.74) is 0. The smallest absolute Gasteiger partial charge is 0.225 e. The first-order chi connectivity index (χ1) is 6.69. The molecule has 82 valence electrons. The third-order valence-corrected chi connectivity index (χ3v) is 3.04. The minimum Gasteiger partial charge on any atom is -0.391 e. The van der Waals surface area contributed by atoms with Gasteiger partial charge in [-0.2, -0.15) is 0 Å². The topological polar surface area (TPSA) is 40.5 Å². The second kappa shape index (κ2) is 5.35. The number of nitrogens with zero attached hydrogens (tertiary/aromatic N) is 1. The summed E-state index contributed by atoms with van der Waals surface area (Å²) >= 11 is 0. The maximum absolute atomic E-state index is 11.9. The molecule has 1 rings (SSSR count). The number of hydrogen-bond acceptors (Lipinski definition) is 2. The summed E-state index contributed by atoms with van der Waals surface area (Å²) in [6.45, 7) is 5.46. The number of likely N-dealkylation sites (tertiary alicyclic amines) is 1. The van der Waals surface area contributed by atoms with Crippen molar-refractivity contribution in [3.05, 3.63) is 0 Å². The van der Waals surface area contributed by atoms with Crippen LogP contribution in [0, 0.1) is 5.92 Å². The minimum absolute atomic E-state index is 0.153. The molecule has 1 amide bonds. The maximum Gasteiger partial charge on any atom is 0.225 e. The van der Waals surface area contributed by atoms with Gasteiger partial charge in [-0.25, -0.2) is 0 Å². The molecule has 0 aromatic heterocycles. The highest BCUT2D eigenvalue weighted by molar-refractivity contribution is 5.78. The van der Waals surface area contributed by atoms with Crippen LogP contribution in [-0.4, -0.2) is 35.1 Å². The first-order valence-electron chi connectivity index (χ1n) is 5.65. The number of carbonyl (C=O) groups excluding carboxylic acids is 1. The lowest BCUT2D eigenvalue weighted by Crippen LogP contribution is -2.44. The minimum atomic E-state index is -0.304. The van der Waals surface area contributed by atoms with Gasteiger partial charge in [0.1, 0.15) is 0 Å². The van der Waals surface area contributed by atoms with E-state index < -0.39 is 0 Å². The fourth-order valence-corrected chi connectivity index (χ4v) is 2.05. The van der Waals surface area contributed by atoms with E-state index in [2.05, 4.69) is 0 Å². The second-order valence-corrected chi connectivity index (χ2v) is 4.09. The van der Waals surface area contributed by atoms with Crippen molar-refractivity contribution in [2.75, 3.05) is 13.1 Å². The quantitative estimate of drug-likeness (QED) is 0.746. The fourth-order valence-electron chi connectivity index (χ4n) is 2.05. The van der Waals surface area contributed by atoms with Crippen LogP contribution in [0.5, 0.6) is 0 Å². The lowest BCUT2D eigenvalue weighted by Gasteiger charge is -2.32. The Kier molecular flexibility index (Phi) is 4.39. The Bertz CT molecular complexity index is 190. The molecule has 1 N–H and O–H groups in total. The second-order valence-electron chi connectivity index (χ2n) is 4.09. The average Bonchev–Trinajstić information content (AvgIpc) is 2.19. The van der Waals surface area contributed by atoms with Gasteiger partial charge in [0.2, 0.25) is 5.91 Å². The molecule has 0 radical (unpaired) electrons. The zero-order valence-electron chi connectivity index (χ0n) is 9.20. The molecule has 1 atom stereocenters. The summed E-state index contributed by atoms with van der Waals surface area (Å²) in [6, 6.07) is 0. The lowest BCUT2D eigenvalue weighted by atomic mass is 9.99. The van der Waals surface area contributed by atoms with E-state index in [9.17, 15) is 9.90 Å². The third-order valence-electron chi connectivity index (χ3n) is 3.04. The highest BCUT2D eigenvalue weighted by atomic mass is 16.3. The molecule has 0 aromatic carbocycles. The van der Waals surface area contributed by atoms with Crippen molar-refractivity contribution < 1.29 is 9.90 Å². The predicted molar refractivity (Wildman–Crippen MR) is 55.9 cm³/mol. The molecule has 1 heterocycles. The molecule has 14 heavy (non-hydrogen) atoms. The van der Waals surface area contributed by atoms with Gasteiger partial charge in [0.15, 0.2) is 0 Å². The summed E-state index contributed by atoms with van der Waals surface area (Å²) in [5.74, 6) is 0.383. The van der Waals surface area contributed by atoms with Crippen LogP contribution in [0.1, 0.15) is 39.5 Å². The van der Waals surface area contributed by atoms with Crippen LogP contribution in [0.3, 0.4) is 0 Å². The van der Waals surface area contributed by atoms with Gasteiger partial charge >= 0.3 is 0 Å². The Morgan fingerprint density at radius 2 is 2.14 bits per heavy atom. The van der Waals surface area contributed by atoms with Gasteiger partial charge in [0, 0.05) is 19.0 Å². The normalized spacial score (nSPS) is 22.9. The van der Waals surface area contributed by atoms with E-state index in [1.807, 2.05) is 18.7 Å². The molecule has 1 saturated heterocycles. The largest absolute Gasteiger partial charge is 0.391 e. The Morgan fingerprint density at radius 1 is 1.50 bits per heavy atom. The van der Waals surface area contributed by atoms with Crippen LogP contribution in [-0.2, 0) is 4.79 Å². The van der Waals surface area contributed by atoms with E-state index in [4.69, 9.17) is 0 Å². The molecule has 0 spiro atoms. The van der Waals surface area contributed by atoms with E-state index >= 15 is 0 Å². The van der Waals surface area contributed by atoms with Gasteiger partial charge in [0.25, 0.3) is 0 Å². The van der Waals surface area contributed by atoms with Crippen molar-refractivity contribution in [1.29, 1.82) is 0 Å². The van der Waals surface area contributed by atoms with Crippen molar-refractivity contribution in [1.82, 2.24) is 4.90 Å². The molecule has 1 aliphatic rings. The van der Waals surface area contributed by atoms with Gasteiger partial charge in [0.05, 0.1) is 6.10 Å². The van der Waals surface area contributed by atoms with E-state index in [0.717, 1.165) is 32.2 Å². The van der Waals surface area contributed by atoms with Crippen molar-refractivity contribution in [3.63, 3.8) is 0 Å². The summed E-state index contributed by atoms with van der Waals surface area (Å²) in [7, 11) is 0. The molecule has 1 aliphatic heterocycles. The number of hydrogen-bond donors (Lipinski definition) is 1. The summed E-state index contributed by atoms with van der Waals surface area (Å²) in [4.78, 5) is 13.7. The van der Waals surface area contributed by atoms with Gasteiger partial charge in [-0.05, 0) is 25.7 Å². The Morgan fingerprint density at radius 3 is 2.64 bits per heavy atom. The van der Waals surface area contributed by atoms with Crippen LogP contribution in [0.2, 0.25) is 0 Å². The highest BCUT2D eigenvalue weighted by Crippen LogP contribution is 2.16. The molecular weight excluding hydrogens is 178 g/mol. The standard InChI is InChI=1S/C11H21NO2/c1-3-9(4-2)11(14)12-7-5-6-10(13)8-12/h9-10,13H,3-8H2,1-2H3. The molecule has 0 aromatic rings. The van der Waals surface area contributed by atoms with Crippen LogP contribution in [0.25, 0.3) is 0 Å². The van der Waals surface area contributed by atoms with Gasteiger partial charge in [-0.3, -0.25) is 4.79 Å². The molecular formula is C11H21NO2. The fraction of sp³-hybridized carbons (Fsp3) is 0.909. The molecule has 0 aliphatic carbocycles. The van der Waals surface area contributed by atoms with E-state index in [1.54, 1.807) is 0 Å². The van der Waals surface area contributed by atoms with Crippen LogP contribution in [0.15, 0.2) is 0 Å². The molecule has 0 bridgehead atoms. The van der Waals surface area contributed by atoms with Crippen molar-refractivity contribution in [2.24, 2.45) is 5.92 Å². The highest BCUT2D eigenvalue weighted by Gasteiger charge is 2.25. The van der Waals surface area contributed by atoms with Crippen molar-refractivity contribution >= 4 is 5.91 Å². The summed E-state index contributed by atoms with van der Waals surface area (Å²) in [5, 5.41) is 9.46. The molecule has 1 fully saturated rings. The van der Waals surface area contributed by atoms with E-state index in [0.29, 0.717) is 6.54 Å². The van der Waals surface area contributed by atoms with Crippen LogP contribution < -0.4 is 0 Å². The third kappa shape index (κ3) is 2.71. The number of aliphatic hydroxyl groups is 1. The number of aliphatic hydroxyl groups excluding tert-OH is 1. The SMILES string of the molecule is CCC(CC)C(=O)N1CCCC(O)C1. The lowest BCUT2D eigenvalue weighted by molar-refractivity contribution is -0.138. The Balaban J connectivity index is 2.50. The van der Waals surface area contributed by atoms with Gasteiger partial charge < -0.3 is 10.0 Å². The summed E-state index contributed by atoms with van der Waals surface area (Å²) in [6.07, 6.45) is 3.28. The number of β-amino-alcohol motifs (C(OH)–C–C–N with tert-alkyl or cyclic N) is 1. The molecule has 0 saturated carbocycles. The first kappa shape index (κ1) is 11.5. The Labute approximate surface area is 86.1 Å². The van der Waals surface area contributed by atoms with Crippen molar-refractivity contribution in [2.45, 2.75) is 45.6 Å². The zero-order valence-corrected chi connectivity index (χ0v) is 9.20. The number of rotatable bonds is 3. The van der Waals surface area contributed by atoms with Gasteiger partial charge in [-0.1, -0.05) is 13.8 Å². The molecule has 3 nitrogen and oxygen atoms in total. The predicted octanol–water partition coefficient (Wildman–Crippen LogP) is 1.41. The number of piperidine rings is 1. The van der Waals surface area contributed by atoms with Gasteiger partial charge in [-0.15, -0.1) is 0 Å². The average molecular weight is 199 g/mol. The summed E-state index contributed by atoms with van der Waals surface area (Å²) < 4.78 is 0. The van der Waals surface area contributed by atoms with Crippen LogP contribution in [0.4, 0.5) is 0 Å². The molecule has 3 heteroatoms. The first-order valence-corrected chi connectivity index (χ1v) is 5.65. The number of carbonyl (C=O) groups is 1. The maximum atomic E-state index is 11.9. The number of amides is 1. The van der Waals surface area contributed by atoms with E-state index in [1.165, 1.54) is 0 Å². The zero-order chi connectivity index (χ0) is 10.6. The van der Waals surface area contributed by atoms with E-state index in [-0.39, 0.29) is 17.9 Å². The Hall–Kier alpha value is -0.570.